The predicted octanol–water partition coefficient (Wildman–Crippen LogP) is 7.15. The van der Waals surface area contributed by atoms with Crippen LogP contribution in [-0.4, -0.2) is 11.8 Å². The first-order valence-corrected chi connectivity index (χ1v) is 13.0. The van der Waals surface area contributed by atoms with Gasteiger partial charge in [-0.2, -0.15) is 0 Å². The molecule has 0 amide bonds. The Kier molecular flexibility index (Phi) is 6.50. The fourth-order valence-corrected chi connectivity index (χ4v) is 5.82. The van der Waals surface area contributed by atoms with Crippen molar-refractivity contribution in [2.75, 3.05) is 0 Å². The number of carbonyl (C=O) groups excluding carboxylic acids is 2. The minimum absolute atomic E-state index is 0.00913. The number of Topliss-reactive ketones (excluding diaryl/α,β-unsaturated/α-hetero) is 1. The topological polar surface area (TPSA) is 61.8 Å². The molecule has 0 spiro atoms. The van der Waals surface area contributed by atoms with E-state index in [2.05, 4.69) is 26.5 Å². The van der Waals surface area contributed by atoms with Crippen LogP contribution in [0.1, 0.15) is 92.3 Å². The molecule has 0 saturated heterocycles. The molecule has 2 aromatic rings. The zero-order valence-electron chi connectivity index (χ0n) is 21.4. The highest BCUT2D eigenvalue weighted by molar-refractivity contribution is 5.97. The van der Waals surface area contributed by atoms with Gasteiger partial charge < -0.3 is 14.2 Å². The van der Waals surface area contributed by atoms with Crippen LogP contribution in [0.5, 0.6) is 11.5 Å². The Hall–Kier alpha value is -3.34. The first-order valence-electron chi connectivity index (χ1n) is 13.0. The Bertz CT molecular complexity index is 1240. The van der Waals surface area contributed by atoms with Crippen molar-refractivity contribution in [3.05, 3.63) is 82.6 Å². The Labute approximate surface area is 213 Å². The van der Waals surface area contributed by atoms with Crippen molar-refractivity contribution in [3.8, 4) is 11.5 Å². The van der Waals surface area contributed by atoms with Crippen LogP contribution in [0, 0.1) is 5.92 Å². The molecule has 1 unspecified atom stereocenters. The third-order valence-corrected chi connectivity index (χ3v) is 7.57. The number of unbranched alkanes of at least 4 members (excludes halogenated alkanes) is 2. The van der Waals surface area contributed by atoms with Crippen molar-refractivity contribution in [1.29, 1.82) is 0 Å². The molecule has 2 heterocycles. The molecule has 2 aliphatic heterocycles. The van der Waals surface area contributed by atoms with Gasteiger partial charge in [0, 0.05) is 23.0 Å². The van der Waals surface area contributed by atoms with E-state index < -0.39 is 11.8 Å². The molecule has 0 N–H and O–H groups in total. The summed E-state index contributed by atoms with van der Waals surface area (Å²) in [5.41, 5.74) is 4.12. The van der Waals surface area contributed by atoms with Crippen molar-refractivity contribution < 1.29 is 23.8 Å². The van der Waals surface area contributed by atoms with E-state index in [1.54, 1.807) is 0 Å². The second-order valence-electron chi connectivity index (χ2n) is 10.4. The summed E-state index contributed by atoms with van der Waals surface area (Å²) in [6, 6.07) is 11.3. The monoisotopic (exact) mass is 486 g/mol. The number of esters is 1. The standard InChI is InChI=1S/C31H34O5/c1-5-6-8-11-22-17-26-28(25-16-19(2)14-15-24(25)21(4)34-26)29-27(22)30(33)36-31(35-29,18-20(3)32)23-12-9-7-10-13-23/h7,9-10,12-13,16-17,24-25H,4-6,8,11,14-15,18H2,1-3H3/t24-,25+,31?/m0/s1. The number of cyclic esters (lactones) is 1. The van der Waals surface area contributed by atoms with Crippen molar-refractivity contribution in [3.63, 3.8) is 0 Å². The zero-order valence-corrected chi connectivity index (χ0v) is 21.4. The average molecular weight is 487 g/mol. The molecule has 36 heavy (non-hydrogen) atoms. The molecule has 1 aliphatic carbocycles. The van der Waals surface area contributed by atoms with Crippen LogP contribution in [0.25, 0.3) is 0 Å². The molecule has 3 aliphatic rings. The van der Waals surface area contributed by atoms with Gasteiger partial charge in [-0.05, 0) is 51.2 Å². The van der Waals surface area contributed by atoms with Gasteiger partial charge in [-0.1, -0.05) is 68.3 Å². The van der Waals surface area contributed by atoms with Crippen molar-refractivity contribution in [1.82, 2.24) is 0 Å². The average Bonchev–Trinajstić information content (AvgIpc) is 2.83. The smallest absolute Gasteiger partial charge is 0.345 e. The lowest BCUT2D eigenvalue weighted by Gasteiger charge is -2.43. The summed E-state index contributed by atoms with van der Waals surface area (Å²) < 4.78 is 19.1. The molecule has 0 aromatic heterocycles. The van der Waals surface area contributed by atoms with Crippen LogP contribution in [-0.2, 0) is 21.7 Å². The number of ketones is 1. The van der Waals surface area contributed by atoms with Gasteiger partial charge in [-0.15, -0.1) is 0 Å². The molecular formula is C31H34O5. The van der Waals surface area contributed by atoms with E-state index in [1.807, 2.05) is 36.4 Å². The van der Waals surface area contributed by atoms with Gasteiger partial charge in [0.05, 0.1) is 6.42 Å². The summed E-state index contributed by atoms with van der Waals surface area (Å²) in [5, 5.41) is 0. The number of allylic oxidation sites excluding steroid dienone is 3. The van der Waals surface area contributed by atoms with E-state index in [0.29, 0.717) is 29.0 Å². The first kappa shape index (κ1) is 24.4. The molecular weight excluding hydrogens is 452 g/mol. The summed E-state index contributed by atoms with van der Waals surface area (Å²) in [6.45, 7) is 10.0. The van der Waals surface area contributed by atoms with Crippen molar-refractivity contribution in [2.45, 2.75) is 77.4 Å². The molecule has 0 fully saturated rings. The Balaban J connectivity index is 1.73. The van der Waals surface area contributed by atoms with Gasteiger partial charge in [0.2, 0.25) is 0 Å². The van der Waals surface area contributed by atoms with Gasteiger partial charge in [0.1, 0.15) is 28.6 Å². The normalized spacial score (nSPS) is 24.4. The van der Waals surface area contributed by atoms with Crippen LogP contribution in [0.4, 0.5) is 0 Å². The van der Waals surface area contributed by atoms with Crippen LogP contribution in [0.3, 0.4) is 0 Å². The Morgan fingerprint density at radius 1 is 1.17 bits per heavy atom. The van der Waals surface area contributed by atoms with Gasteiger partial charge >= 0.3 is 5.97 Å². The molecule has 0 radical (unpaired) electrons. The molecule has 188 valence electrons. The first-order chi connectivity index (χ1) is 17.3. The van der Waals surface area contributed by atoms with E-state index in [-0.39, 0.29) is 24.0 Å². The van der Waals surface area contributed by atoms with Gasteiger partial charge in [0.25, 0.3) is 5.79 Å². The molecule has 5 heteroatoms. The van der Waals surface area contributed by atoms with Gasteiger partial charge in [0.15, 0.2) is 0 Å². The summed E-state index contributed by atoms with van der Waals surface area (Å²) in [7, 11) is 0. The SMILES string of the molecule is C=C1Oc2cc(CCCCC)c3c(c2[C@@H]2C=C(C)CC[C@@H]12)OC(CC(C)=O)(c1ccccc1)OC3=O. The number of benzene rings is 2. The molecule has 5 rings (SSSR count). The van der Waals surface area contributed by atoms with E-state index in [0.717, 1.165) is 49.0 Å². The lowest BCUT2D eigenvalue weighted by atomic mass is 9.73. The number of rotatable bonds is 7. The maximum atomic E-state index is 13.8. The van der Waals surface area contributed by atoms with E-state index in [9.17, 15) is 9.59 Å². The van der Waals surface area contributed by atoms with E-state index in [4.69, 9.17) is 14.2 Å². The zero-order chi connectivity index (χ0) is 25.4. The third kappa shape index (κ3) is 4.25. The number of carbonyl (C=O) groups is 2. The molecule has 5 nitrogen and oxygen atoms in total. The second kappa shape index (κ2) is 9.61. The maximum absolute atomic E-state index is 13.8. The number of fused-ring (bicyclic) bond motifs is 5. The van der Waals surface area contributed by atoms with E-state index in [1.165, 1.54) is 12.5 Å². The largest absolute Gasteiger partial charge is 0.462 e. The summed E-state index contributed by atoms with van der Waals surface area (Å²) >= 11 is 0. The minimum Gasteiger partial charge on any atom is -0.462 e. The van der Waals surface area contributed by atoms with Crippen LogP contribution >= 0.6 is 0 Å². The fraction of sp³-hybridized carbons (Fsp3) is 0.419. The number of ether oxygens (including phenoxy) is 3. The second-order valence-corrected chi connectivity index (χ2v) is 10.4. The molecule has 3 atom stereocenters. The molecule has 0 bridgehead atoms. The summed E-state index contributed by atoms with van der Waals surface area (Å²) in [5.74, 6) is -0.0588. The van der Waals surface area contributed by atoms with Crippen molar-refractivity contribution >= 4 is 11.8 Å². The number of hydrogen-bond donors (Lipinski definition) is 0. The minimum atomic E-state index is -1.52. The molecule has 0 saturated carbocycles. The Morgan fingerprint density at radius 2 is 1.94 bits per heavy atom. The Morgan fingerprint density at radius 3 is 2.67 bits per heavy atom. The van der Waals surface area contributed by atoms with Crippen LogP contribution in [0.2, 0.25) is 0 Å². The third-order valence-electron chi connectivity index (χ3n) is 7.57. The van der Waals surface area contributed by atoms with Crippen LogP contribution in [0.15, 0.2) is 60.4 Å². The fourth-order valence-electron chi connectivity index (χ4n) is 5.82. The lowest BCUT2D eigenvalue weighted by molar-refractivity contribution is -0.172. The lowest BCUT2D eigenvalue weighted by Crippen LogP contribution is -2.44. The predicted molar refractivity (Wildman–Crippen MR) is 138 cm³/mol. The summed E-state index contributed by atoms with van der Waals surface area (Å²) in [6.07, 6.45) is 7.89. The molecule has 2 aromatic carbocycles. The van der Waals surface area contributed by atoms with Gasteiger partial charge in [-0.3, -0.25) is 4.79 Å². The highest BCUT2D eigenvalue weighted by Gasteiger charge is 2.49. The van der Waals surface area contributed by atoms with E-state index >= 15 is 0 Å². The van der Waals surface area contributed by atoms with Crippen molar-refractivity contribution in [2.24, 2.45) is 5.92 Å². The van der Waals surface area contributed by atoms with Crippen LogP contribution < -0.4 is 9.47 Å². The number of hydrogen-bond acceptors (Lipinski definition) is 5. The highest BCUT2D eigenvalue weighted by Crippen LogP contribution is 2.55. The number of aryl methyl sites for hydroxylation is 1. The maximum Gasteiger partial charge on any atom is 0.345 e. The van der Waals surface area contributed by atoms with Gasteiger partial charge in [-0.25, -0.2) is 4.79 Å². The highest BCUT2D eigenvalue weighted by atomic mass is 16.7. The quantitative estimate of drug-likeness (QED) is 0.236. The summed E-state index contributed by atoms with van der Waals surface area (Å²) in [4.78, 5) is 26.2.